The highest BCUT2D eigenvalue weighted by atomic mass is 16.3. The van der Waals surface area contributed by atoms with Crippen LogP contribution in [0.15, 0.2) is 47.1 Å². The molecule has 4 rings (SSSR count). The van der Waals surface area contributed by atoms with Crippen LogP contribution in [0.4, 0.5) is 5.69 Å². The predicted octanol–water partition coefficient (Wildman–Crippen LogP) is 3.41. The van der Waals surface area contributed by atoms with Crippen molar-refractivity contribution < 1.29 is 9.21 Å². The van der Waals surface area contributed by atoms with Crippen molar-refractivity contribution in [1.29, 1.82) is 0 Å². The van der Waals surface area contributed by atoms with Crippen LogP contribution in [0.2, 0.25) is 0 Å². The Morgan fingerprint density at radius 1 is 1.18 bits per heavy atom. The van der Waals surface area contributed by atoms with E-state index in [9.17, 15) is 4.79 Å². The molecule has 1 aliphatic rings. The third kappa shape index (κ3) is 3.54. The first-order valence-corrected chi connectivity index (χ1v) is 9.65. The molecule has 0 radical (unpaired) electrons. The summed E-state index contributed by atoms with van der Waals surface area (Å²) >= 11 is 0. The van der Waals surface area contributed by atoms with Gasteiger partial charge in [0.25, 0.3) is 5.91 Å². The summed E-state index contributed by atoms with van der Waals surface area (Å²) in [7, 11) is 5.94. The summed E-state index contributed by atoms with van der Waals surface area (Å²) in [5.74, 6) is 0.752. The van der Waals surface area contributed by atoms with Gasteiger partial charge in [-0.3, -0.25) is 9.48 Å². The molecular formula is C22H26N4O2. The Bertz CT molecular complexity index is 973. The van der Waals surface area contributed by atoms with Crippen LogP contribution in [0.3, 0.4) is 0 Å². The summed E-state index contributed by atoms with van der Waals surface area (Å²) < 4.78 is 7.49. The number of amides is 1. The zero-order valence-corrected chi connectivity index (χ0v) is 16.7. The highest BCUT2D eigenvalue weighted by Gasteiger charge is 2.25. The third-order valence-electron chi connectivity index (χ3n) is 5.36. The van der Waals surface area contributed by atoms with Crippen molar-refractivity contribution in [2.45, 2.75) is 32.4 Å². The molecule has 28 heavy (non-hydrogen) atoms. The molecule has 2 heterocycles. The van der Waals surface area contributed by atoms with E-state index in [0.29, 0.717) is 18.7 Å². The number of anilines is 1. The summed E-state index contributed by atoms with van der Waals surface area (Å²) in [4.78, 5) is 17.2. The van der Waals surface area contributed by atoms with E-state index in [4.69, 9.17) is 9.52 Å². The molecular weight excluding hydrogens is 352 g/mol. The van der Waals surface area contributed by atoms with E-state index in [0.717, 1.165) is 36.4 Å². The molecule has 6 heteroatoms. The summed E-state index contributed by atoms with van der Waals surface area (Å²) in [5, 5.41) is 4.71. The van der Waals surface area contributed by atoms with E-state index in [-0.39, 0.29) is 5.91 Å². The monoisotopic (exact) mass is 378 g/mol. The molecule has 146 valence electrons. The van der Waals surface area contributed by atoms with Crippen LogP contribution >= 0.6 is 0 Å². The van der Waals surface area contributed by atoms with Gasteiger partial charge in [-0.15, -0.1) is 0 Å². The number of hydrogen-bond donors (Lipinski definition) is 0. The Morgan fingerprint density at radius 2 is 2.04 bits per heavy atom. The Kier molecular flexibility index (Phi) is 4.94. The van der Waals surface area contributed by atoms with Crippen LogP contribution in [-0.4, -0.2) is 34.7 Å². The highest BCUT2D eigenvalue weighted by molar-refractivity contribution is 5.95. The fraction of sp³-hybridized carbons (Fsp3) is 0.364. The van der Waals surface area contributed by atoms with Gasteiger partial charge in [0.05, 0.1) is 25.0 Å². The van der Waals surface area contributed by atoms with Crippen molar-refractivity contribution in [1.82, 2.24) is 14.7 Å². The lowest BCUT2D eigenvalue weighted by Gasteiger charge is -2.22. The Labute approximate surface area is 165 Å². The molecule has 6 nitrogen and oxygen atoms in total. The van der Waals surface area contributed by atoms with Gasteiger partial charge in [-0.2, -0.15) is 5.10 Å². The molecule has 0 N–H and O–H groups in total. The maximum Gasteiger partial charge on any atom is 0.254 e. The van der Waals surface area contributed by atoms with Crippen LogP contribution in [0, 0.1) is 0 Å². The van der Waals surface area contributed by atoms with E-state index in [1.165, 1.54) is 11.3 Å². The first-order valence-electron chi connectivity index (χ1n) is 9.65. The SMILES string of the molecule is CN(C)c1cccc(C(=O)N(Cc2ccco2)Cc2nn(C)c3c2CCC3)c1. The first-order chi connectivity index (χ1) is 13.5. The van der Waals surface area contributed by atoms with Crippen molar-refractivity contribution >= 4 is 11.6 Å². The molecule has 0 spiro atoms. The second-order valence-electron chi connectivity index (χ2n) is 7.53. The van der Waals surface area contributed by atoms with Gasteiger partial charge in [0.2, 0.25) is 0 Å². The summed E-state index contributed by atoms with van der Waals surface area (Å²) in [6, 6.07) is 11.5. The van der Waals surface area contributed by atoms with Gasteiger partial charge in [0, 0.05) is 38.1 Å². The average molecular weight is 378 g/mol. The first kappa shape index (κ1) is 18.3. The van der Waals surface area contributed by atoms with Crippen molar-refractivity contribution in [3.05, 3.63) is 70.9 Å². The molecule has 0 bridgehead atoms. The van der Waals surface area contributed by atoms with E-state index in [2.05, 4.69) is 0 Å². The van der Waals surface area contributed by atoms with Crippen LogP contribution in [0.5, 0.6) is 0 Å². The second kappa shape index (κ2) is 7.54. The van der Waals surface area contributed by atoms with Crippen molar-refractivity contribution in [2.75, 3.05) is 19.0 Å². The minimum Gasteiger partial charge on any atom is -0.467 e. The van der Waals surface area contributed by atoms with E-state index >= 15 is 0 Å². The lowest BCUT2D eigenvalue weighted by Crippen LogP contribution is -2.30. The standard InChI is InChI=1S/C22H26N4O2/c1-24(2)17-8-4-7-16(13-17)22(27)26(14-18-9-6-12-28-18)15-20-19-10-5-11-21(19)25(3)23-20/h4,6-9,12-13H,5,10-11,14-15H2,1-3H3. The minimum atomic E-state index is -0.0162. The number of fused-ring (bicyclic) bond motifs is 1. The number of aryl methyl sites for hydroxylation is 1. The van der Waals surface area contributed by atoms with Crippen molar-refractivity contribution in [3.8, 4) is 0 Å². The van der Waals surface area contributed by atoms with Crippen LogP contribution in [-0.2, 0) is 33.0 Å². The number of rotatable bonds is 6. The molecule has 1 aliphatic carbocycles. The van der Waals surface area contributed by atoms with Crippen LogP contribution in [0.1, 0.15) is 39.5 Å². The van der Waals surface area contributed by atoms with Gasteiger partial charge in [-0.05, 0) is 55.2 Å². The number of aromatic nitrogens is 2. The highest BCUT2D eigenvalue weighted by Crippen LogP contribution is 2.27. The fourth-order valence-corrected chi connectivity index (χ4v) is 3.90. The normalized spacial score (nSPS) is 12.8. The average Bonchev–Trinajstić information content (AvgIpc) is 3.42. The lowest BCUT2D eigenvalue weighted by molar-refractivity contribution is 0.0714. The van der Waals surface area contributed by atoms with Crippen LogP contribution in [0.25, 0.3) is 0 Å². The predicted molar refractivity (Wildman–Crippen MR) is 108 cm³/mol. The second-order valence-corrected chi connectivity index (χ2v) is 7.53. The summed E-state index contributed by atoms with van der Waals surface area (Å²) in [5.41, 5.74) is 5.28. The number of hydrogen-bond acceptors (Lipinski definition) is 4. The Balaban J connectivity index is 1.65. The van der Waals surface area contributed by atoms with Gasteiger partial charge in [0.1, 0.15) is 5.76 Å². The molecule has 0 aliphatic heterocycles. The van der Waals surface area contributed by atoms with E-state index < -0.39 is 0 Å². The van der Waals surface area contributed by atoms with Gasteiger partial charge in [-0.25, -0.2) is 0 Å². The van der Waals surface area contributed by atoms with Crippen molar-refractivity contribution in [2.24, 2.45) is 7.05 Å². The van der Waals surface area contributed by atoms with Gasteiger partial charge in [0.15, 0.2) is 0 Å². The number of nitrogens with zero attached hydrogens (tertiary/aromatic N) is 4. The quantitative estimate of drug-likeness (QED) is 0.660. The molecule has 2 aromatic heterocycles. The minimum absolute atomic E-state index is 0.0162. The Morgan fingerprint density at radius 3 is 2.79 bits per heavy atom. The number of benzene rings is 1. The maximum absolute atomic E-state index is 13.4. The number of carbonyl (C=O) groups excluding carboxylic acids is 1. The van der Waals surface area contributed by atoms with Crippen molar-refractivity contribution in [3.63, 3.8) is 0 Å². The zero-order chi connectivity index (χ0) is 19.7. The van der Waals surface area contributed by atoms with Gasteiger partial charge in [-0.1, -0.05) is 6.07 Å². The fourth-order valence-electron chi connectivity index (χ4n) is 3.90. The van der Waals surface area contributed by atoms with Gasteiger partial charge >= 0.3 is 0 Å². The number of furan rings is 1. The van der Waals surface area contributed by atoms with E-state index in [1.54, 1.807) is 6.26 Å². The van der Waals surface area contributed by atoms with Gasteiger partial charge < -0.3 is 14.2 Å². The molecule has 0 atom stereocenters. The summed E-state index contributed by atoms with van der Waals surface area (Å²) in [6.07, 6.45) is 4.90. The molecule has 1 aromatic carbocycles. The smallest absolute Gasteiger partial charge is 0.254 e. The molecule has 1 amide bonds. The molecule has 0 saturated carbocycles. The number of carbonyl (C=O) groups is 1. The zero-order valence-electron chi connectivity index (χ0n) is 16.7. The van der Waals surface area contributed by atoms with Crippen LogP contribution < -0.4 is 4.90 Å². The topological polar surface area (TPSA) is 54.5 Å². The lowest BCUT2D eigenvalue weighted by atomic mass is 10.1. The Hall–Kier alpha value is -3.02. The molecule has 3 aromatic rings. The molecule has 0 unspecified atom stereocenters. The molecule has 0 fully saturated rings. The molecule has 0 saturated heterocycles. The third-order valence-corrected chi connectivity index (χ3v) is 5.36. The maximum atomic E-state index is 13.4. The largest absolute Gasteiger partial charge is 0.467 e. The van der Waals surface area contributed by atoms with E-state index in [1.807, 2.05) is 72.0 Å². The summed E-state index contributed by atoms with van der Waals surface area (Å²) in [6.45, 7) is 0.901.